The first-order valence-electron chi connectivity index (χ1n) is 5.90. The van der Waals surface area contributed by atoms with Crippen molar-refractivity contribution in [2.24, 2.45) is 17.8 Å². The van der Waals surface area contributed by atoms with Crippen LogP contribution in [0.15, 0.2) is 0 Å². The van der Waals surface area contributed by atoms with Crippen LogP contribution in [0.25, 0.3) is 0 Å². The number of hydrogen-bond donors (Lipinski definition) is 2. The maximum atomic E-state index is 10.9. The second-order valence-corrected chi connectivity index (χ2v) is 5.46. The molecule has 3 rings (SSSR count). The van der Waals surface area contributed by atoms with Crippen LogP contribution in [-0.2, 0) is 6.42 Å². The normalized spacial score (nSPS) is 30.3. The molecule has 16 heavy (non-hydrogen) atoms. The van der Waals surface area contributed by atoms with Crippen molar-refractivity contribution in [1.29, 1.82) is 0 Å². The number of H-pyrrole nitrogens is 1. The molecule has 0 bridgehead atoms. The van der Waals surface area contributed by atoms with E-state index in [2.05, 4.69) is 24.0 Å². The van der Waals surface area contributed by atoms with Crippen LogP contribution in [0.4, 0.5) is 0 Å². The molecule has 1 saturated carbocycles. The van der Waals surface area contributed by atoms with Crippen LogP contribution >= 0.6 is 0 Å². The van der Waals surface area contributed by atoms with Gasteiger partial charge < -0.3 is 5.11 Å². The number of aromatic carboxylic acids is 1. The molecule has 0 unspecified atom stereocenters. The van der Waals surface area contributed by atoms with Gasteiger partial charge in [0.05, 0.1) is 0 Å². The molecule has 1 fully saturated rings. The van der Waals surface area contributed by atoms with E-state index in [4.69, 9.17) is 5.11 Å². The van der Waals surface area contributed by atoms with Crippen molar-refractivity contribution >= 4 is 5.97 Å². The zero-order valence-electron chi connectivity index (χ0n) is 9.53. The van der Waals surface area contributed by atoms with Crippen LogP contribution in [-0.4, -0.2) is 21.3 Å². The highest BCUT2D eigenvalue weighted by Gasteiger charge is 2.57. The predicted octanol–water partition coefficient (Wildman–Crippen LogP) is 2.04. The Morgan fingerprint density at radius 3 is 3.00 bits per heavy atom. The predicted molar refractivity (Wildman–Crippen MR) is 58.4 cm³/mol. The van der Waals surface area contributed by atoms with Gasteiger partial charge in [-0.2, -0.15) is 5.10 Å². The van der Waals surface area contributed by atoms with Crippen LogP contribution in [0.1, 0.15) is 47.9 Å². The topological polar surface area (TPSA) is 66.0 Å². The van der Waals surface area contributed by atoms with E-state index in [1.165, 1.54) is 6.42 Å². The highest BCUT2D eigenvalue weighted by molar-refractivity contribution is 5.87. The van der Waals surface area contributed by atoms with Gasteiger partial charge in [-0.3, -0.25) is 5.10 Å². The lowest BCUT2D eigenvalue weighted by Crippen LogP contribution is -2.03. The molecule has 86 valence electrons. The first-order chi connectivity index (χ1) is 7.59. The third-order valence-electron chi connectivity index (χ3n) is 3.95. The van der Waals surface area contributed by atoms with Crippen molar-refractivity contribution in [3.63, 3.8) is 0 Å². The number of aromatic amines is 1. The Kier molecular flexibility index (Phi) is 1.91. The first-order valence-corrected chi connectivity index (χ1v) is 5.90. The van der Waals surface area contributed by atoms with E-state index in [0.29, 0.717) is 11.8 Å². The largest absolute Gasteiger partial charge is 0.476 e. The standard InChI is InChI=1S/C12H16N2O2/c1-5(2)3-6-7-4-8-10(9(6)7)13-14-11(8)12(15)16/h5-7,9H,3-4H2,1-2H3,(H,13,14)(H,15,16)/t6-,7-,9+/m0/s1. The maximum Gasteiger partial charge on any atom is 0.356 e. The van der Waals surface area contributed by atoms with E-state index in [1.54, 1.807) is 0 Å². The number of nitrogens with one attached hydrogen (secondary N) is 1. The summed E-state index contributed by atoms with van der Waals surface area (Å²) in [4.78, 5) is 10.9. The van der Waals surface area contributed by atoms with Gasteiger partial charge in [0.1, 0.15) is 0 Å². The molecular formula is C12H16N2O2. The van der Waals surface area contributed by atoms with Crippen LogP contribution < -0.4 is 0 Å². The molecule has 1 heterocycles. The molecule has 2 aliphatic rings. The summed E-state index contributed by atoms with van der Waals surface area (Å²) in [7, 11) is 0. The minimum absolute atomic E-state index is 0.241. The number of carboxylic acids is 1. The summed E-state index contributed by atoms with van der Waals surface area (Å²) in [5, 5.41) is 15.8. The van der Waals surface area contributed by atoms with Crippen molar-refractivity contribution in [1.82, 2.24) is 10.2 Å². The van der Waals surface area contributed by atoms with Crippen molar-refractivity contribution in [3.05, 3.63) is 17.0 Å². The lowest BCUT2D eigenvalue weighted by molar-refractivity contribution is 0.0689. The molecule has 0 radical (unpaired) electrons. The molecule has 4 nitrogen and oxygen atoms in total. The van der Waals surface area contributed by atoms with Crippen molar-refractivity contribution in [3.8, 4) is 0 Å². The van der Waals surface area contributed by atoms with Crippen molar-refractivity contribution in [2.75, 3.05) is 0 Å². The molecule has 1 aromatic heterocycles. The van der Waals surface area contributed by atoms with Crippen LogP contribution in [0, 0.1) is 17.8 Å². The Morgan fingerprint density at radius 2 is 2.38 bits per heavy atom. The van der Waals surface area contributed by atoms with Gasteiger partial charge in [0.25, 0.3) is 0 Å². The van der Waals surface area contributed by atoms with E-state index in [9.17, 15) is 4.79 Å². The van der Waals surface area contributed by atoms with Gasteiger partial charge in [-0.05, 0) is 30.6 Å². The second-order valence-electron chi connectivity index (χ2n) is 5.46. The van der Waals surface area contributed by atoms with E-state index in [0.717, 1.165) is 29.5 Å². The minimum Gasteiger partial charge on any atom is -0.476 e. The van der Waals surface area contributed by atoms with Crippen molar-refractivity contribution in [2.45, 2.75) is 32.6 Å². The summed E-state index contributed by atoms with van der Waals surface area (Å²) >= 11 is 0. The highest BCUT2D eigenvalue weighted by atomic mass is 16.4. The van der Waals surface area contributed by atoms with E-state index >= 15 is 0 Å². The monoisotopic (exact) mass is 220 g/mol. The van der Waals surface area contributed by atoms with Gasteiger partial charge in [-0.25, -0.2) is 4.79 Å². The summed E-state index contributed by atoms with van der Waals surface area (Å²) in [5.41, 5.74) is 2.31. The molecule has 2 N–H and O–H groups in total. The van der Waals surface area contributed by atoms with Crippen LogP contribution in [0.2, 0.25) is 0 Å². The number of aromatic nitrogens is 2. The molecule has 4 heteroatoms. The number of fused-ring (bicyclic) bond motifs is 3. The summed E-state index contributed by atoms with van der Waals surface area (Å²) in [6, 6.07) is 0. The SMILES string of the molecule is CC(C)C[C@H]1[C@@H]2Cc3c(C(=O)O)n[nH]c3[C@@H]21. The Balaban J connectivity index is 1.83. The Bertz CT molecular complexity index is 450. The molecule has 0 saturated heterocycles. The van der Waals surface area contributed by atoms with E-state index < -0.39 is 5.97 Å². The summed E-state index contributed by atoms with van der Waals surface area (Å²) in [5.74, 6) is 1.83. The lowest BCUT2D eigenvalue weighted by atomic mass is 9.99. The average Bonchev–Trinajstić information content (AvgIpc) is 2.60. The van der Waals surface area contributed by atoms with E-state index in [-0.39, 0.29) is 5.69 Å². The number of nitrogens with zero attached hydrogens (tertiary/aromatic N) is 1. The number of carboxylic acid groups (broad SMARTS) is 1. The lowest BCUT2D eigenvalue weighted by Gasteiger charge is -2.06. The van der Waals surface area contributed by atoms with Gasteiger partial charge in [0.15, 0.2) is 5.69 Å². The molecule has 0 spiro atoms. The zero-order valence-corrected chi connectivity index (χ0v) is 9.53. The van der Waals surface area contributed by atoms with Crippen LogP contribution in [0.3, 0.4) is 0 Å². The second kappa shape index (κ2) is 3.09. The summed E-state index contributed by atoms with van der Waals surface area (Å²) in [6.07, 6.45) is 2.16. The number of rotatable bonds is 3. The molecule has 0 aromatic carbocycles. The fraction of sp³-hybridized carbons (Fsp3) is 0.667. The molecular weight excluding hydrogens is 204 g/mol. The third-order valence-corrected chi connectivity index (χ3v) is 3.95. The van der Waals surface area contributed by atoms with E-state index in [1.807, 2.05) is 0 Å². The van der Waals surface area contributed by atoms with Gasteiger partial charge in [-0.1, -0.05) is 13.8 Å². The van der Waals surface area contributed by atoms with Gasteiger partial charge in [0, 0.05) is 17.2 Å². The molecule has 1 aromatic rings. The fourth-order valence-corrected chi connectivity index (χ4v) is 3.29. The molecule has 0 aliphatic heterocycles. The summed E-state index contributed by atoms with van der Waals surface area (Å²) in [6.45, 7) is 4.48. The van der Waals surface area contributed by atoms with Gasteiger partial charge in [-0.15, -0.1) is 0 Å². The Hall–Kier alpha value is -1.32. The smallest absolute Gasteiger partial charge is 0.356 e. The Morgan fingerprint density at radius 1 is 1.62 bits per heavy atom. The quantitative estimate of drug-likeness (QED) is 0.819. The fourth-order valence-electron chi connectivity index (χ4n) is 3.29. The molecule has 2 aliphatic carbocycles. The molecule has 3 atom stereocenters. The number of carbonyl (C=O) groups is 1. The molecule has 0 amide bonds. The third kappa shape index (κ3) is 1.22. The van der Waals surface area contributed by atoms with Crippen molar-refractivity contribution < 1.29 is 9.90 Å². The van der Waals surface area contributed by atoms with Crippen LogP contribution in [0.5, 0.6) is 0 Å². The highest BCUT2D eigenvalue weighted by Crippen LogP contribution is 2.63. The van der Waals surface area contributed by atoms with Gasteiger partial charge >= 0.3 is 5.97 Å². The maximum absolute atomic E-state index is 10.9. The summed E-state index contributed by atoms with van der Waals surface area (Å²) < 4.78 is 0. The number of hydrogen-bond acceptors (Lipinski definition) is 2. The average molecular weight is 220 g/mol. The Labute approximate surface area is 94.1 Å². The first kappa shape index (κ1) is 9.87. The van der Waals surface area contributed by atoms with Gasteiger partial charge in [0.2, 0.25) is 0 Å². The minimum atomic E-state index is -0.904. The zero-order chi connectivity index (χ0) is 11.4.